The molecule has 0 fully saturated rings. The Bertz CT molecular complexity index is 1390. The number of carbonyl (C=O) groups excluding carboxylic acids is 2. The topological polar surface area (TPSA) is 104 Å². The van der Waals surface area contributed by atoms with E-state index in [9.17, 15) is 22.4 Å². The number of aromatic nitrogens is 1. The van der Waals surface area contributed by atoms with Crippen LogP contribution < -0.4 is 5.32 Å². The van der Waals surface area contributed by atoms with E-state index in [1.165, 1.54) is 24.3 Å². The van der Waals surface area contributed by atoms with Gasteiger partial charge < -0.3 is 19.4 Å². The normalized spacial score (nSPS) is 12.6. The molecule has 0 aliphatic rings. The highest BCUT2D eigenvalue weighted by atomic mass is 32.2. The van der Waals surface area contributed by atoms with Gasteiger partial charge in [0.15, 0.2) is 15.9 Å². The van der Waals surface area contributed by atoms with Crippen molar-refractivity contribution in [2.45, 2.75) is 51.2 Å². The summed E-state index contributed by atoms with van der Waals surface area (Å²) < 4.78 is 50.0. The van der Waals surface area contributed by atoms with Crippen molar-refractivity contribution in [3.05, 3.63) is 71.7 Å². The monoisotopic (exact) mass is 530 g/mol. The van der Waals surface area contributed by atoms with Crippen molar-refractivity contribution >= 4 is 21.9 Å². The van der Waals surface area contributed by atoms with Gasteiger partial charge in [0, 0.05) is 23.2 Å². The number of sulfone groups is 1. The molecule has 0 spiro atoms. The molecule has 8 nitrogen and oxygen atoms in total. The van der Waals surface area contributed by atoms with Crippen LogP contribution in [0.3, 0.4) is 0 Å². The van der Waals surface area contributed by atoms with Gasteiger partial charge in [-0.1, -0.05) is 12.1 Å². The molecule has 198 valence electrons. The van der Waals surface area contributed by atoms with Crippen LogP contribution in [0.5, 0.6) is 0 Å². The molecule has 1 amide bonds. The van der Waals surface area contributed by atoms with Crippen molar-refractivity contribution in [2.75, 3.05) is 12.9 Å². The van der Waals surface area contributed by atoms with Crippen LogP contribution in [0.25, 0.3) is 16.9 Å². The number of alkyl carbamates (subject to hydrolysis) is 1. The highest BCUT2D eigenvalue weighted by Crippen LogP contribution is 2.34. The van der Waals surface area contributed by atoms with Crippen molar-refractivity contribution < 1.29 is 31.9 Å². The third-order valence-electron chi connectivity index (χ3n) is 5.44. The van der Waals surface area contributed by atoms with Gasteiger partial charge in [0.25, 0.3) is 0 Å². The van der Waals surface area contributed by atoms with Gasteiger partial charge in [0.1, 0.15) is 11.4 Å². The number of nitrogens with zero attached hydrogens (tertiary/aromatic N) is 1. The maximum absolute atomic E-state index is 13.7. The van der Waals surface area contributed by atoms with Crippen LogP contribution in [0.1, 0.15) is 45.0 Å². The SMILES string of the molecule is CCOC(=O)[C@H](NC(=O)OC(C)(C)C)c1cc(-c2ccc(S(C)(=O)=O)cc2)n(-c2ccc(F)cc2)c1C. The summed E-state index contributed by atoms with van der Waals surface area (Å²) in [7, 11) is -3.40. The van der Waals surface area contributed by atoms with Crippen LogP contribution in [0, 0.1) is 12.7 Å². The number of rotatable bonds is 7. The van der Waals surface area contributed by atoms with Crippen LogP contribution >= 0.6 is 0 Å². The number of esters is 1. The second-order valence-electron chi connectivity index (χ2n) is 9.51. The molecule has 3 rings (SSSR count). The Morgan fingerprint density at radius 3 is 2.16 bits per heavy atom. The molecule has 0 aliphatic carbocycles. The third-order valence-corrected chi connectivity index (χ3v) is 6.57. The predicted octanol–water partition coefficient (Wildman–Crippen LogP) is 5.12. The lowest BCUT2D eigenvalue weighted by Crippen LogP contribution is -2.39. The molecule has 1 N–H and O–H groups in total. The number of carbonyl (C=O) groups is 2. The molecule has 0 aliphatic heterocycles. The van der Waals surface area contributed by atoms with Crippen LogP contribution in [0.2, 0.25) is 0 Å². The van der Waals surface area contributed by atoms with E-state index in [0.29, 0.717) is 28.2 Å². The first-order chi connectivity index (χ1) is 17.2. The van der Waals surface area contributed by atoms with E-state index in [0.717, 1.165) is 6.26 Å². The van der Waals surface area contributed by atoms with Crippen LogP contribution in [-0.4, -0.2) is 43.5 Å². The fourth-order valence-electron chi connectivity index (χ4n) is 3.84. The average Bonchev–Trinajstić information content (AvgIpc) is 3.13. The zero-order valence-electron chi connectivity index (χ0n) is 21.7. The lowest BCUT2D eigenvalue weighted by Gasteiger charge is -2.23. The quantitative estimate of drug-likeness (QED) is 0.425. The molecule has 1 aromatic heterocycles. The summed E-state index contributed by atoms with van der Waals surface area (Å²) in [6, 6.07) is 12.6. The van der Waals surface area contributed by atoms with Crippen LogP contribution in [-0.2, 0) is 24.1 Å². The molecule has 2 aromatic carbocycles. The Morgan fingerprint density at radius 1 is 1.05 bits per heavy atom. The zero-order chi connectivity index (χ0) is 27.5. The number of benzene rings is 2. The van der Waals surface area contributed by atoms with E-state index in [2.05, 4.69) is 5.32 Å². The Labute approximate surface area is 216 Å². The summed E-state index contributed by atoms with van der Waals surface area (Å²) in [5.41, 5.74) is 2.08. The Hall–Kier alpha value is -3.66. The Balaban J connectivity index is 2.20. The molecule has 37 heavy (non-hydrogen) atoms. The third kappa shape index (κ3) is 6.76. The van der Waals surface area contributed by atoms with Crippen molar-refractivity contribution in [2.24, 2.45) is 0 Å². The van der Waals surface area contributed by atoms with E-state index in [1.807, 2.05) is 0 Å². The average molecular weight is 531 g/mol. The first-order valence-corrected chi connectivity index (χ1v) is 13.5. The number of hydrogen-bond acceptors (Lipinski definition) is 6. The van der Waals surface area contributed by atoms with Crippen molar-refractivity contribution in [1.29, 1.82) is 0 Å². The molecule has 0 bridgehead atoms. The summed E-state index contributed by atoms with van der Waals surface area (Å²) >= 11 is 0. The molecule has 1 heterocycles. The standard InChI is InChI=1S/C27H31FN2O6S/c1-7-35-25(31)24(29-26(32)36-27(3,4)5)22-16-23(18-8-14-21(15-9-18)37(6,33)34)30(17(22)2)20-12-10-19(28)11-13-20/h8-16,24H,7H2,1-6H3,(H,29,32)/t24-/m1/s1. The van der Waals surface area contributed by atoms with Gasteiger partial charge in [0.2, 0.25) is 0 Å². The summed E-state index contributed by atoms with van der Waals surface area (Å²) in [6.07, 6.45) is 0.330. The molecule has 0 saturated heterocycles. The fraction of sp³-hybridized carbons (Fsp3) is 0.333. The van der Waals surface area contributed by atoms with Gasteiger partial charge in [0.05, 0.1) is 17.2 Å². The number of amides is 1. The molecule has 1 atom stereocenters. The summed E-state index contributed by atoms with van der Waals surface area (Å²) in [4.78, 5) is 25.7. The van der Waals surface area contributed by atoms with Gasteiger partial charge in [-0.2, -0.15) is 0 Å². The molecular weight excluding hydrogens is 499 g/mol. The van der Waals surface area contributed by atoms with Crippen molar-refractivity contribution in [3.63, 3.8) is 0 Å². The maximum Gasteiger partial charge on any atom is 0.408 e. The second-order valence-corrected chi connectivity index (χ2v) is 11.5. The van der Waals surface area contributed by atoms with Crippen LogP contribution in [0.15, 0.2) is 59.5 Å². The van der Waals surface area contributed by atoms with E-state index in [4.69, 9.17) is 9.47 Å². The van der Waals surface area contributed by atoms with E-state index < -0.39 is 39.4 Å². The largest absolute Gasteiger partial charge is 0.464 e. The van der Waals surface area contributed by atoms with Gasteiger partial charge in [-0.3, -0.25) is 0 Å². The maximum atomic E-state index is 13.7. The predicted molar refractivity (Wildman–Crippen MR) is 138 cm³/mol. The van der Waals surface area contributed by atoms with Gasteiger partial charge in [-0.05, 0) is 82.6 Å². The summed E-state index contributed by atoms with van der Waals surface area (Å²) in [5, 5.41) is 2.61. The molecule has 0 unspecified atom stereocenters. The van der Waals surface area contributed by atoms with Gasteiger partial charge >= 0.3 is 12.1 Å². The van der Waals surface area contributed by atoms with Gasteiger partial charge in [-0.25, -0.2) is 22.4 Å². The van der Waals surface area contributed by atoms with Crippen LogP contribution in [0.4, 0.5) is 9.18 Å². The highest BCUT2D eigenvalue weighted by Gasteiger charge is 2.31. The van der Waals surface area contributed by atoms with Crippen molar-refractivity contribution in [1.82, 2.24) is 9.88 Å². The minimum absolute atomic E-state index is 0.100. The minimum Gasteiger partial charge on any atom is -0.464 e. The first-order valence-electron chi connectivity index (χ1n) is 11.7. The number of halogens is 1. The smallest absolute Gasteiger partial charge is 0.408 e. The minimum atomic E-state index is -3.40. The lowest BCUT2D eigenvalue weighted by atomic mass is 10.1. The number of nitrogens with one attached hydrogen (secondary N) is 1. The molecule has 10 heteroatoms. The Morgan fingerprint density at radius 2 is 1.65 bits per heavy atom. The molecule has 0 radical (unpaired) electrons. The molecular formula is C27H31FN2O6S. The van der Waals surface area contributed by atoms with Crippen molar-refractivity contribution in [3.8, 4) is 16.9 Å². The van der Waals surface area contributed by atoms with E-state index in [1.54, 1.807) is 69.5 Å². The fourth-order valence-corrected chi connectivity index (χ4v) is 4.47. The second kappa shape index (κ2) is 10.8. The number of ether oxygens (including phenoxy) is 2. The van der Waals surface area contributed by atoms with E-state index in [-0.39, 0.29) is 11.5 Å². The first kappa shape index (κ1) is 27.9. The van der Waals surface area contributed by atoms with E-state index >= 15 is 0 Å². The molecule has 0 saturated carbocycles. The van der Waals surface area contributed by atoms with Gasteiger partial charge in [-0.15, -0.1) is 0 Å². The highest BCUT2D eigenvalue weighted by molar-refractivity contribution is 7.90. The lowest BCUT2D eigenvalue weighted by molar-refractivity contribution is -0.145. The summed E-state index contributed by atoms with van der Waals surface area (Å²) in [5.74, 6) is -1.09. The zero-order valence-corrected chi connectivity index (χ0v) is 22.5. The summed E-state index contributed by atoms with van der Waals surface area (Å²) in [6.45, 7) is 8.65. The number of hydrogen-bond donors (Lipinski definition) is 1. The Kier molecular flexibility index (Phi) is 8.12. The molecule has 3 aromatic rings.